The molecule has 0 atom stereocenters. The van der Waals surface area contributed by atoms with Gasteiger partial charge >= 0.3 is 5.97 Å². The van der Waals surface area contributed by atoms with Gasteiger partial charge in [0.05, 0.1) is 11.1 Å². The summed E-state index contributed by atoms with van der Waals surface area (Å²) in [5, 5.41) is 0.721. The van der Waals surface area contributed by atoms with E-state index in [1.165, 1.54) is 18.2 Å². The fourth-order valence-corrected chi connectivity index (χ4v) is 2.35. The normalized spacial score (nSPS) is 11.0. The van der Waals surface area contributed by atoms with Gasteiger partial charge in [-0.25, -0.2) is 9.18 Å². The lowest BCUT2D eigenvalue weighted by Crippen LogP contribution is -2.11. The number of fused-ring (bicyclic) bond motifs is 1. The molecule has 0 fully saturated rings. The second-order valence-electron chi connectivity index (χ2n) is 5.61. The number of carbonyl (C=O) groups is 1. The summed E-state index contributed by atoms with van der Waals surface area (Å²) in [6.07, 6.45) is 0. The third kappa shape index (κ3) is 3.21. The number of nitrogens with zero attached hydrogens (tertiary/aromatic N) is 1. The van der Waals surface area contributed by atoms with Crippen LogP contribution in [0.25, 0.3) is 10.9 Å². The molecule has 3 nitrogen and oxygen atoms in total. The van der Waals surface area contributed by atoms with E-state index in [0.717, 1.165) is 16.6 Å². The highest BCUT2D eigenvalue weighted by molar-refractivity contribution is 6.04. The van der Waals surface area contributed by atoms with Gasteiger partial charge in [0.1, 0.15) is 11.6 Å². The highest BCUT2D eigenvalue weighted by Gasteiger charge is 2.16. The number of hydrogen-bond donors (Lipinski definition) is 0. The number of ether oxygens (including phenoxy) is 1. The third-order valence-corrected chi connectivity index (χ3v) is 3.55. The minimum atomic E-state index is -0.517. The van der Waals surface area contributed by atoms with Gasteiger partial charge in [-0.15, -0.1) is 0 Å². The minimum absolute atomic E-state index is 0.181. The second-order valence-corrected chi connectivity index (χ2v) is 5.61. The molecule has 0 radical (unpaired) electrons. The van der Waals surface area contributed by atoms with Crippen molar-refractivity contribution in [3.63, 3.8) is 0 Å². The molecule has 0 bridgehead atoms. The Labute approximate surface area is 133 Å². The molecular formula is C19H16FNO2. The summed E-state index contributed by atoms with van der Waals surface area (Å²) in [7, 11) is 0. The van der Waals surface area contributed by atoms with Crippen LogP contribution in [-0.2, 0) is 0 Å². The molecule has 0 saturated carbocycles. The van der Waals surface area contributed by atoms with Crippen LogP contribution in [0.1, 0.15) is 35.8 Å². The Morgan fingerprint density at radius 1 is 1.09 bits per heavy atom. The standard InChI is InChI=1S/C19H16FNO2/c1-12(2)18-11-16(15-8-3-4-9-17(15)21-18)19(22)23-14-7-5-6-13(20)10-14/h3-12H,1-2H3. The van der Waals surface area contributed by atoms with Gasteiger partial charge in [0.2, 0.25) is 0 Å². The maximum atomic E-state index is 13.2. The monoisotopic (exact) mass is 309 g/mol. The highest BCUT2D eigenvalue weighted by Crippen LogP contribution is 2.24. The van der Waals surface area contributed by atoms with Crippen LogP contribution in [0.4, 0.5) is 4.39 Å². The number of para-hydroxylation sites is 1. The lowest BCUT2D eigenvalue weighted by Gasteiger charge is -2.11. The highest BCUT2D eigenvalue weighted by atomic mass is 19.1. The first-order valence-electron chi connectivity index (χ1n) is 7.42. The molecule has 0 saturated heterocycles. The topological polar surface area (TPSA) is 39.2 Å². The van der Waals surface area contributed by atoms with Crippen LogP contribution in [0.15, 0.2) is 54.6 Å². The number of halogens is 1. The quantitative estimate of drug-likeness (QED) is 0.519. The number of pyridine rings is 1. The summed E-state index contributed by atoms with van der Waals surface area (Å²) in [5.74, 6) is -0.601. The van der Waals surface area contributed by atoms with Crippen molar-refractivity contribution in [2.24, 2.45) is 0 Å². The first-order chi connectivity index (χ1) is 11.0. The van der Waals surface area contributed by atoms with Gasteiger partial charge < -0.3 is 4.74 Å². The number of benzene rings is 2. The second kappa shape index (κ2) is 6.16. The van der Waals surface area contributed by atoms with E-state index in [-0.39, 0.29) is 11.7 Å². The van der Waals surface area contributed by atoms with E-state index in [4.69, 9.17) is 4.74 Å². The van der Waals surface area contributed by atoms with Crippen molar-refractivity contribution in [2.75, 3.05) is 0 Å². The largest absolute Gasteiger partial charge is 0.423 e. The van der Waals surface area contributed by atoms with Gasteiger partial charge in [0, 0.05) is 17.1 Å². The Hall–Kier alpha value is -2.75. The Morgan fingerprint density at radius 3 is 2.61 bits per heavy atom. The van der Waals surface area contributed by atoms with Crippen molar-refractivity contribution in [1.82, 2.24) is 4.98 Å². The first-order valence-corrected chi connectivity index (χ1v) is 7.42. The van der Waals surface area contributed by atoms with Crippen molar-refractivity contribution in [1.29, 1.82) is 0 Å². The maximum absolute atomic E-state index is 13.2. The molecule has 0 amide bonds. The zero-order valence-corrected chi connectivity index (χ0v) is 12.9. The number of carbonyl (C=O) groups excluding carboxylic acids is 1. The van der Waals surface area contributed by atoms with Crippen molar-refractivity contribution in [3.05, 3.63) is 71.7 Å². The van der Waals surface area contributed by atoms with Crippen LogP contribution < -0.4 is 4.74 Å². The van der Waals surface area contributed by atoms with Gasteiger partial charge in [-0.05, 0) is 30.2 Å². The number of esters is 1. The summed E-state index contributed by atoms with van der Waals surface area (Å²) < 4.78 is 18.6. The average molecular weight is 309 g/mol. The number of rotatable bonds is 3. The Balaban J connectivity index is 2.05. The molecule has 2 aromatic carbocycles. The molecule has 3 rings (SSSR count). The molecular weight excluding hydrogens is 293 g/mol. The molecule has 0 aliphatic rings. The van der Waals surface area contributed by atoms with E-state index in [9.17, 15) is 9.18 Å². The zero-order valence-electron chi connectivity index (χ0n) is 12.9. The molecule has 1 aromatic heterocycles. The molecule has 0 aliphatic heterocycles. The van der Waals surface area contributed by atoms with Crippen molar-refractivity contribution in [2.45, 2.75) is 19.8 Å². The molecule has 0 unspecified atom stereocenters. The van der Waals surface area contributed by atoms with Crippen LogP contribution in [0.2, 0.25) is 0 Å². The van der Waals surface area contributed by atoms with Crippen LogP contribution >= 0.6 is 0 Å². The van der Waals surface area contributed by atoms with Crippen LogP contribution in [0.3, 0.4) is 0 Å². The van der Waals surface area contributed by atoms with Crippen molar-refractivity contribution in [3.8, 4) is 5.75 Å². The minimum Gasteiger partial charge on any atom is -0.423 e. The molecule has 0 N–H and O–H groups in total. The molecule has 0 aliphatic carbocycles. The van der Waals surface area contributed by atoms with E-state index >= 15 is 0 Å². The summed E-state index contributed by atoms with van der Waals surface area (Å²) in [6.45, 7) is 4.03. The predicted molar refractivity (Wildman–Crippen MR) is 87.2 cm³/mol. The van der Waals surface area contributed by atoms with Crippen molar-refractivity contribution < 1.29 is 13.9 Å². The van der Waals surface area contributed by atoms with Gasteiger partial charge in [-0.2, -0.15) is 0 Å². The Morgan fingerprint density at radius 2 is 1.87 bits per heavy atom. The fourth-order valence-electron chi connectivity index (χ4n) is 2.35. The smallest absolute Gasteiger partial charge is 0.344 e. The molecule has 0 spiro atoms. The van der Waals surface area contributed by atoms with Gasteiger partial charge in [0.25, 0.3) is 0 Å². The fraction of sp³-hybridized carbons (Fsp3) is 0.158. The predicted octanol–water partition coefficient (Wildman–Crippen LogP) is 4.72. The maximum Gasteiger partial charge on any atom is 0.344 e. The zero-order chi connectivity index (χ0) is 16.4. The van der Waals surface area contributed by atoms with E-state index in [1.54, 1.807) is 12.1 Å². The third-order valence-electron chi connectivity index (χ3n) is 3.55. The molecule has 116 valence electrons. The molecule has 23 heavy (non-hydrogen) atoms. The average Bonchev–Trinajstić information content (AvgIpc) is 2.53. The van der Waals surface area contributed by atoms with Gasteiger partial charge in [-0.3, -0.25) is 4.98 Å². The number of aromatic nitrogens is 1. The molecule has 1 heterocycles. The lowest BCUT2D eigenvalue weighted by atomic mass is 10.0. The summed E-state index contributed by atoms with van der Waals surface area (Å²) >= 11 is 0. The van der Waals surface area contributed by atoms with Crippen LogP contribution in [0, 0.1) is 5.82 Å². The Kier molecular flexibility index (Phi) is 4.06. The van der Waals surface area contributed by atoms with E-state index in [0.29, 0.717) is 5.56 Å². The van der Waals surface area contributed by atoms with Gasteiger partial charge in [0.15, 0.2) is 0 Å². The van der Waals surface area contributed by atoms with E-state index in [1.807, 2.05) is 38.1 Å². The molecule has 3 aromatic rings. The lowest BCUT2D eigenvalue weighted by molar-refractivity contribution is 0.0736. The van der Waals surface area contributed by atoms with Crippen molar-refractivity contribution >= 4 is 16.9 Å². The van der Waals surface area contributed by atoms with Gasteiger partial charge in [-0.1, -0.05) is 38.1 Å². The number of hydrogen-bond acceptors (Lipinski definition) is 3. The van der Waals surface area contributed by atoms with E-state index < -0.39 is 11.8 Å². The molecule has 4 heteroatoms. The van der Waals surface area contributed by atoms with Crippen LogP contribution in [0.5, 0.6) is 5.75 Å². The van der Waals surface area contributed by atoms with E-state index in [2.05, 4.69) is 4.98 Å². The summed E-state index contributed by atoms with van der Waals surface area (Å²) in [6, 6.07) is 14.7. The SMILES string of the molecule is CC(C)c1cc(C(=O)Oc2cccc(F)c2)c2ccccc2n1. The van der Waals surface area contributed by atoms with Crippen LogP contribution in [-0.4, -0.2) is 11.0 Å². The summed E-state index contributed by atoms with van der Waals surface area (Å²) in [5.41, 5.74) is 1.99. The Bertz CT molecular complexity index is 874. The summed E-state index contributed by atoms with van der Waals surface area (Å²) in [4.78, 5) is 17.1. The first kappa shape index (κ1) is 15.2.